The van der Waals surface area contributed by atoms with Crippen molar-refractivity contribution in [2.45, 2.75) is 13.8 Å². The molecular formula is C12H11NS. The van der Waals surface area contributed by atoms with Gasteiger partial charge in [0.2, 0.25) is 0 Å². The number of rotatable bonds is 0. The number of hydrogen-bond donors (Lipinski definition) is 0. The zero-order valence-electron chi connectivity index (χ0n) is 8.24. The first-order valence-electron chi connectivity index (χ1n) is 4.52. The standard InChI is InChI=1S/C12H11NS/c1-12(2)5-3-10-9(7-13)8-14-11(10)4-6-12/h3-6,8H,1-2H3. The van der Waals surface area contributed by atoms with Gasteiger partial charge in [0.15, 0.2) is 0 Å². The third-order valence-electron chi connectivity index (χ3n) is 2.32. The number of hydrogen-bond acceptors (Lipinski definition) is 2. The summed E-state index contributed by atoms with van der Waals surface area (Å²) in [5.41, 5.74) is 1.94. The lowest BCUT2D eigenvalue weighted by molar-refractivity contribution is 0.633. The van der Waals surface area contributed by atoms with Crippen LogP contribution in [0.3, 0.4) is 0 Å². The van der Waals surface area contributed by atoms with E-state index in [0.717, 1.165) is 11.1 Å². The quantitative estimate of drug-likeness (QED) is 0.628. The molecule has 0 aromatic carbocycles. The first kappa shape index (κ1) is 9.23. The molecule has 0 spiro atoms. The molecule has 1 aromatic heterocycles. The Morgan fingerprint density at radius 1 is 1.29 bits per heavy atom. The van der Waals surface area contributed by atoms with Crippen molar-refractivity contribution in [1.29, 1.82) is 5.26 Å². The summed E-state index contributed by atoms with van der Waals surface area (Å²) >= 11 is 1.63. The van der Waals surface area contributed by atoms with Crippen molar-refractivity contribution in [2.24, 2.45) is 5.41 Å². The molecule has 14 heavy (non-hydrogen) atoms. The van der Waals surface area contributed by atoms with Crippen LogP contribution in [-0.4, -0.2) is 0 Å². The van der Waals surface area contributed by atoms with Gasteiger partial charge in [-0.05, 0) is 6.08 Å². The molecule has 0 aliphatic heterocycles. The van der Waals surface area contributed by atoms with Crippen LogP contribution >= 0.6 is 11.3 Å². The van der Waals surface area contributed by atoms with Gasteiger partial charge in [-0.1, -0.05) is 32.1 Å². The second-order valence-electron chi connectivity index (χ2n) is 4.03. The molecule has 70 valence electrons. The minimum Gasteiger partial charge on any atom is -0.192 e. The lowest BCUT2D eigenvalue weighted by Crippen LogP contribution is -2.00. The topological polar surface area (TPSA) is 23.8 Å². The summed E-state index contributed by atoms with van der Waals surface area (Å²) in [6.07, 6.45) is 8.49. The predicted molar refractivity (Wildman–Crippen MR) is 60.9 cm³/mol. The summed E-state index contributed by atoms with van der Waals surface area (Å²) in [6, 6.07) is 2.22. The minimum atomic E-state index is 0.0888. The average molecular weight is 201 g/mol. The van der Waals surface area contributed by atoms with Crippen LogP contribution in [-0.2, 0) is 0 Å². The molecule has 0 N–H and O–H groups in total. The Kier molecular flexibility index (Phi) is 2.05. The van der Waals surface area contributed by atoms with Crippen LogP contribution in [0.2, 0.25) is 0 Å². The molecule has 1 aliphatic rings. The van der Waals surface area contributed by atoms with Gasteiger partial charge in [-0.2, -0.15) is 5.26 Å². The van der Waals surface area contributed by atoms with Crippen LogP contribution < -0.4 is 0 Å². The van der Waals surface area contributed by atoms with Crippen molar-refractivity contribution in [2.75, 3.05) is 0 Å². The third-order valence-corrected chi connectivity index (χ3v) is 3.29. The molecule has 0 saturated carbocycles. The van der Waals surface area contributed by atoms with Gasteiger partial charge >= 0.3 is 0 Å². The highest BCUT2D eigenvalue weighted by atomic mass is 32.1. The molecular weight excluding hydrogens is 190 g/mol. The van der Waals surface area contributed by atoms with Crippen LogP contribution in [0.1, 0.15) is 29.9 Å². The molecule has 0 bridgehead atoms. The summed E-state index contributed by atoms with van der Waals surface area (Å²) in [5, 5.41) is 10.8. The Bertz CT molecular complexity index is 455. The molecule has 2 heteroatoms. The van der Waals surface area contributed by atoms with Crippen LogP contribution in [0.5, 0.6) is 0 Å². The molecule has 1 heterocycles. The fraction of sp³-hybridized carbons (Fsp3) is 0.250. The fourth-order valence-corrected chi connectivity index (χ4v) is 2.29. The van der Waals surface area contributed by atoms with Gasteiger partial charge in [0.1, 0.15) is 6.07 Å². The number of allylic oxidation sites excluding steroid dienone is 2. The zero-order valence-corrected chi connectivity index (χ0v) is 9.06. The smallest absolute Gasteiger partial charge is 0.101 e. The predicted octanol–water partition coefficient (Wildman–Crippen LogP) is 3.69. The molecule has 0 atom stereocenters. The van der Waals surface area contributed by atoms with Gasteiger partial charge in [-0.25, -0.2) is 0 Å². The van der Waals surface area contributed by atoms with Crippen molar-refractivity contribution < 1.29 is 0 Å². The van der Waals surface area contributed by atoms with Gasteiger partial charge in [-0.3, -0.25) is 0 Å². The van der Waals surface area contributed by atoms with E-state index in [1.807, 2.05) is 5.38 Å². The molecule has 1 aromatic rings. The van der Waals surface area contributed by atoms with E-state index in [-0.39, 0.29) is 5.41 Å². The summed E-state index contributed by atoms with van der Waals surface area (Å²) in [6.45, 7) is 4.31. The van der Waals surface area contributed by atoms with Crippen LogP contribution in [0.25, 0.3) is 12.2 Å². The number of nitriles is 1. The number of nitrogens with zero attached hydrogens (tertiary/aromatic N) is 1. The molecule has 0 unspecified atom stereocenters. The maximum atomic E-state index is 8.90. The van der Waals surface area contributed by atoms with Gasteiger partial charge < -0.3 is 0 Å². The lowest BCUT2D eigenvalue weighted by Gasteiger charge is -2.12. The van der Waals surface area contributed by atoms with Gasteiger partial charge in [0, 0.05) is 21.2 Å². The fourth-order valence-electron chi connectivity index (χ4n) is 1.41. The second kappa shape index (κ2) is 3.11. The van der Waals surface area contributed by atoms with E-state index >= 15 is 0 Å². The highest BCUT2D eigenvalue weighted by molar-refractivity contribution is 7.11. The van der Waals surface area contributed by atoms with E-state index < -0.39 is 0 Å². The first-order chi connectivity index (χ1) is 6.62. The van der Waals surface area contributed by atoms with E-state index in [4.69, 9.17) is 5.26 Å². The highest BCUT2D eigenvalue weighted by Crippen LogP contribution is 2.32. The molecule has 2 rings (SSSR count). The van der Waals surface area contributed by atoms with Gasteiger partial charge in [0.25, 0.3) is 0 Å². The summed E-state index contributed by atoms with van der Waals surface area (Å²) in [5.74, 6) is 0. The SMILES string of the molecule is CC1(C)C=Cc2scc(C#N)c2C=C1. The van der Waals surface area contributed by atoms with Crippen molar-refractivity contribution in [1.82, 2.24) is 0 Å². The van der Waals surface area contributed by atoms with E-state index in [1.54, 1.807) is 11.3 Å². The Hall–Kier alpha value is -1.33. The van der Waals surface area contributed by atoms with E-state index in [0.29, 0.717) is 0 Å². The third kappa shape index (κ3) is 1.51. The number of fused-ring (bicyclic) bond motifs is 1. The maximum absolute atomic E-state index is 8.90. The molecule has 0 amide bonds. The van der Waals surface area contributed by atoms with E-state index in [9.17, 15) is 0 Å². The molecule has 0 saturated heterocycles. The molecule has 0 radical (unpaired) electrons. The highest BCUT2D eigenvalue weighted by Gasteiger charge is 2.15. The Labute approximate surface area is 88.0 Å². The number of thiophene rings is 1. The summed E-state index contributed by atoms with van der Waals surface area (Å²) in [7, 11) is 0. The van der Waals surface area contributed by atoms with Crippen molar-refractivity contribution in [3.8, 4) is 6.07 Å². The molecule has 1 nitrogen and oxygen atoms in total. The Balaban J connectivity index is 2.57. The van der Waals surface area contributed by atoms with E-state index in [1.165, 1.54) is 4.88 Å². The van der Waals surface area contributed by atoms with Gasteiger partial charge in [-0.15, -0.1) is 11.3 Å². The Morgan fingerprint density at radius 2 is 2.00 bits per heavy atom. The maximum Gasteiger partial charge on any atom is 0.101 e. The normalized spacial score (nSPS) is 17.2. The summed E-state index contributed by atoms with van der Waals surface area (Å²) < 4.78 is 0. The van der Waals surface area contributed by atoms with Crippen LogP contribution in [0.15, 0.2) is 17.5 Å². The zero-order chi connectivity index (χ0) is 10.2. The van der Waals surface area contributed by atoms with E-state index in [2.05, 4.69) is 44.2 Å². The van der Waals surface area contributed by atoms with Crippen molar-refractivity contribution >= 4 is 23.5 Å². The molecule has 0 fully saturated rings. The first-order valence-corrected chi connectivity index (χ1v) is 5.40. The van der Waals surface area contributed by atoms with Gasteiger partial charge in [0.05, 0.1) is 5.56 Å². The second-order valence-corrected chi connectivity index (χ2v) is 4.94. The van der Waals surface area contributed by atoms with Crippen molar-refractivity contribution in [3.05, 3.63) is 33.5 Å². The Morgan fingerprint density at radius 3 is 2.71 bits per heavy atom. The lowest BCUT2D eigenvalue weighted by atomic mass is 9.93. The van der Waals surface area contributed by atoms with Crippen LogP contribution in [0, 0.1) is 16.7 Å². The van der Waals surface area contributed by atoms with Crippen LogP contribution in [0.4, 0.5) is 0 Å². The molecule has 1 aliphatic carbocycles. The monoisotopic (exact) mass is 201 g/mol. The largest absolute Gasteiger partial charge is 0.192 e. The average Bonchev–Trinajstić information content (AvgIpc) is 2.47. The van der Waals surface area contributed by atoms with Crippen molar-refractivity contribution in [3.63, 3.8) is 0 Å². The minimum absolute atomic E-state index is 0.0888. The summed E-state index contributed by atoms with van der Waals surface area (Å²) in [4.78, 5) is 1.18.